The highest BCUT2D eigenvalue weighted by Crippen LogP contribution is 2.55. The van der Waals surface area contributed by atoms with Crippen molar-refractivity contribution in [3.8, 4) is 6.19 Å². The molecule has 3 unspecified atom stereocenters. The quantitative estimate of drug-likeness (QED) is 0.480. The van der Waals surface area contributed by atoms with Gasteiger partial charge < -0.3 is 10.4 Å². The van der Waals surface area contributed by atoms with Crippen molar-refractivity contribution in [2.45, 2.75) is 62.6 Å². The molecule has 4 bridgehead atoms. The van der Waals surface area contributed by atoms with Crippen LogP contribution in [0, 0.1) is 29.2 Å². The lowest BCUT2D eigenvalue weighted by Crippen LogP contribution is -2.64. The van der Waals surface area contributed by atoms with E-state index in [9.17, 15) is 10.4 Å². The van der Waals surface area contributed by atoms with E-state index in [-0.39, 0.29) is 6.04 Å². The summed E-state index contributed by atoms with van der Waals surface area (Å²) in [5.74, 6) is 3.11. The first-order chi connectivity index (χ1) is 13.5. The maximum atomic E-state index is 10.8. The standard InChI is InChI=1S/C23H30N4O/c1-15(27-12-20(13-27)17-5-3-2-4-6-17)22(25-14-24)26-21-18-7-16-8-19(21)11-23(28,9-16)10-18/h2-6,15-16,18-21,28H,7-13H2,1H3,(H,25,26). The summed E-state index contributed by atoms with van der Waals surface area (Å²) in [7, 11) is 0. The van der Waals surface area contributed by atoms with Crippen LogP contribution in [0.4, 0.5) is 0 Å². The van der Waals surface area contributed by atoms with Crippen molar-refractivity contribution < 1.29 is 5.11 Å². The predicted molar refractivity (Wildman–Crippen MR) is 109 cm³/mol. The van der Waals surface area contributed by atoms with Gasteiger partial charge in [0.25, 0.3) is 0 Å². The Labute approximate surface area is 167 Å². The van der Waals surface area contributed by atoms with E-state index in [1.54, 1.807) is 0 Å². The zero-order chi connectivity index (χ0) is 19.3. The van der Waals surface area contributed by atoms with Crippen LogP contribution in [0.25, 0.3) is 0 Å². The molecule has 6 rings (SSSR count). The summed E-state index contributed by atoms with van der Waals surface area (Å²) < 4.78 is 0. The highest BCUT2D eigenvalue weighted by Gasteiger charge is 2.55. The number of nitrogens with one attached hydrogen (secondary N) is 1. The molecule has 1 aliphatic heterocycles. The van der Waals surface area contributed by atoms with Crippen LogP contribution in [-0.2, 0) is 0 Å². The van der Waals surface area contributed by atoms with Crippen LogP contribution in [0.1, 0.15) is 50.5 Å². The molecule has 5 fully saturated rings. The Morgan fingerprint density at radius 3 is 2.50 bits per heavy atom. The van der Waals surface area contributed by atoms with Crippen LogP contribution >= 0.6 is 0 Å². The molecule has 1 saturated heterocycles. The fraction of sp³-hybridized carbons (Fsp3) is 0.652. The van der Waals surface area contributed by atoms with Crippen molar-refractivity contribution in [1.82, 2.24) is 10.2 Å². The van der Waals surface area contributed by atoms with Gasteiger partial charge in [-0.25, -0.2) is 0 Å². The van der Waals surface area contributed by atoms with Crippen LogP contribution < -0.4 is 5.32 Å². The van der Waals surface area contributed by atoms with Gasteiger partial charge in [0.15, 0.2) is 0 Å². The Hall–Kier alpha value is -1.90. The van der Waals surface area contributed by atoms with E-state index >= 15 is 0 Å². The van der Waals surface area contributed by atoms with Crippen LogP contribution in [-0.4, -0.2) is 46.6 Å². The van der Waals surface area contributed by atoms with E-state index in [2.05, 4.69) is 52.5 Å². The van der Waals surface area contributed by atoms with E-state index in [0.29, 0.717) is 29.7 Å². The Kier molecular flexibility index (Phi) is 4.45. The van der Waals surface area contributed by atoms with Crippen LogP contribution in [0.5, 0.6) is 0 Å². The number of hydrogen-bond acceptors (Lipinski definition) is 4. The number of nitrogens with zero attached hydrogens (tertiary/aromatic N) is 3. The second-order valence-corrected chi connectivity index (χ2v) is 9.70. The van der Waals surface area contributed by atoms with Gasteiger partial charge in [-0.2, -0.15) is 10.3 Å². The summed E-state index contributed by atoms with van der Waals surface area (Å²) in [4.78, 5) is 6.61. The molecule has 3 atom stereocenters. The van der Waals surface area contributed by atoms with Crippen LogP contribution in [0.3, 0.4) is 0 Å². The second kappa shape index (κ2) is 6.86. The molecule has 0 spiro atoms. The Bertz CT molecular complexity index is 779. The van der Waals surface area contributed by atoms with Crippen molar-refractivity contribution in [3.05, 3.63) is 35.9 Å². The summed E-state index contributed by atoms with van der Waals surface area (Å²) in [6.07, 6.45) is 7.26. The molecule has 1 aromatic carbocycles. The van der Waals surface area contributed by atoms with E-state index in [1.165, 1.54) is 18.4 Å². The predicted octanol–water partition coefficient (Wildman–Crippen LogP) is 2.88. The number of nitriles is 1. The molecule has 0 radical (unpaired) electrons. The fourth-order valence-corrected chi connectivity index (χ4v) is 6.63. The summed E-state index contributed by atoms with van der Waals surface area (Å²) in [5, 5.41) is 23.8. The van der Waals surface area contributed by atoms with Crippen molar-refractivity contribution >= 4 is 5.84 Å². The third-order valence-electron chi connectivity index (χ3n) is 7.85. The SMILES string of the molecule is CC(/C(=N\C#N)NC1C2CC3CC1CC(O)(C3)C2)N1CC(c2ccccc2)C1. The number of aliphatic hydroxyl groups is 1. The Morgan fingerprint density at radius 2 is 1.89 bits per heavy atom. The smallest absolute Gasteiger partial charge is 0.207 e. The average Bonchev–Trinajstić information content (AvgIpc) is 2.62. The lowest BCUT2D eigenvalue weighted by atomic mass is 9.52. The minimum Gasteiger partial charge on any atom is -0.390 e. The topological polar surface area (TPSA) is 71.6 Å². The van der Waals surface area contributed by atoms with Gasteiger partial charge in [-0.05, 0) is 62.3 Å². The number of likely N-dealkylation sites (tertiary alicyclic amines) is 1. The Morgan fingerprint density at radius 1 is 1.21 bits per heavy atom. The van der Waals surface area contributed by atoms with Gasteiger partial charge in [-0.15, -0.1) is 0 Å². The number of aliphatic imine (C=N–C) groups is 1. The van der Waals surface area contributed by atoms with Crippen molar-refractivity contribution in [2.75, 3.05) is 13.1 Å². The highest BCUT2D eigenvalue weighted by molar-refractivity contribution is 5.88. The highest BCUT2D eigenvalue weighted by atomic mass is 16.3. The summed E-state index contributed by atoms with van der Waals surface area (Å²) >= 11 is 0. The first kappa shape index (κ1) is 18.1. The van der Waals surface area contributed by atoms with Crippen molar-refractivity contribution in [2.24, 2.45) is 22.7 Å². The molecule has 5 nitrogen and oxygen atoms in total. The molecule has 5 heteroatoms. The average molecular weight is 379 g/mol. The maximum absolute atomic E-state index is 10.8. The number of hydrogen-bond donors (Lipinski definition) is 2. The molecule has 5 aliphatic rings. The third-order valence-corrected chi connectivity index (χ3v) is 7.85. The Balaban J connectivity index is 1.25. The van der Waals surface area contributed by atoms with Gasteiger partial charge >= 0.3 is 0 Å². The van der Waals surface area contributed by atoms with Crippen molar-refractivity contribution in [1.29, 1.82) is 5.26 Å². The number of rotatable bonds is 4. The van der Waals surface area contributed by atoms with E-state index in [0.717, 1.165) is 38.2 Å². The van der Waals surface area contributed by atoms with Gasteiger partial charge in [-0.3, -0.25) is 4.90 Å². The summed E-state index contributed by atoms with van der Waals surface area (Å²) in [5.41, 5.74) is 0.972. The van der Waals surface area contributed by atoms with Crippen LogP contribution in [0.2, 0.25) is 0 Å². The first-order valence-corrected chi connectivity index (χ1v) is 10.8. The van der Waals surface area contributed by atoms with Crippen molar-refractivity contribution in [3.63, 3.8) is 0 Å². The van der Waals surface area contributed by atoms with Gasteiger partial charge in [0, 0.05) is 25.0 Å². The molecule has 148 valence electrons. The zero-order valence-electron chi connectivity index (χ0n) is 16.6. The lowest BCUT2D eigenvalue weighted by Gasteiger charge is -2.58. The number of benzene rings is 1. The van der Waals surface area contributed by atoms with Crippen LogP contribution in [0.15, 0.2) is 35.3 Å². The maximum Gasteiger partial charge on any atom is 0.207 e. The zero-order valence-corrected chi connectivity index (χ0v) is 16.6. The molecular formula is C23H30N4O. The van der Waals surface area contributed by atoms with E-state index < -0.39 is 5.60 Å². The minimum atomic E-state index is -0.423. The summed E-state index contributed by atoms with van der Waals surface area (Å²) in [6, 6.07) is 11.2. The second-order valence-electron chi connectivity index (χ2n) is 9.70. The molecule has 4 saturated carbocycles. The normalized spacial score (nSPS) is 38.7. The first-order valence-electron chi connectivity index (χ1n) is 10.8. The molecule has 1 aromatic rings. The molecule has 1 heterocycles. The van der Waals surface area contributed by atoms with Gasteiger partial charge in [-0.1, -0.05) is 30.3 Å². The number of amidine groups is 1. The van der Waals surface area contributed by atoms with Gasteiger partial charge in [0.2, 0.25) is 6.19 Å². The molecule has 4 aliphatic carbocycles. The van der Waals surface area contributed by atoms with Gasteiger partial charge in [0.05, 0.1) is 11.6 Å². The third kappa shape index (κ3) is 3.13. The monoisotopic (exact) mass is 378 g/mol. The molecule has 0 aromatic heterocycles. The molecule has 2 N–H and O–H groups in total. The van der Waals surface area contributed by atoms with E-state index in [4.69, 9.17) is 0 Å². The summed E-state index contributed by atoms with van der Waals surface area (Å²) in [6.45, 7) is 4.18. The van der Waals surface area contributed by atoms with Gasteiger partial charge in [0.1, 0.15) is 5.84 Å². The molecule has 28 heavy (non-hydrogen) atoms. The molecular weight excluding hydrogens is 348 g/mol. The fourth-order valence-electron chi connectivity index (χ4n) is 6.63. The van der Waals surface area contributed by atoms with E-state index in [1.807, 2.05) is 6.19 Å². The molecule has 0 amide bonds. The lowest BCUT2D eigenvalue weighted by molar-refractivity contribution is -0.136. The minimum absolute atomic E-state index is 0.125. The largest absolute Gasteiger partial charge is 0.390 e.